The van der Waals surface area contributed by atoms with Crippen LogP contribution in [-0.2, 0) is 14.3 Å². The number of hydrogen-bond acceptors (Lipinski definition) is 6. The number of esters is 1. The highest BCUT2D eigenvalue weighted by Crippen LogP contribution is 2.20. The molecule has 164 valence electrons. The van der Waals surface area contributed by atoms with Gasteiger partial charge in [-0.1, -0.05) is 35.9 Å². The summed E-state index contributed by atoms with van der Waals surface area (Å²) in [4.78, 5) is 40.5. The minimum absolute atomic E-state index is 0.329. The van der Waals surface area contributed by atoms with E-state index in [9.17, 15) is 19.5 Å². The molecule has 0 radical (unpaired) electrons. The molecule has 1 heterocycles. The van der Waals surface area contributed by atoms with Crippen LogP contribution < -0.4 is 10.2 Å². The smallest absolute Gasteiger partial charge is 0.331 e. The predicted octanol–water partition coefficient (Wildman–Crippen LogP) is 1.32. The Morgan fingerprint density at radius 1 is 1.03 bits per heavy atom. The average molecular weight is 446 g/mol. The van der Waals surface area contributed by atoms with Crippen molar-refractivity contribution in [2.45, 2.75) is 6.04 Å². The van der Waals surface area contributed by atoms with E-state index in [1.807, 2.05) is 18.2 Å². The second kappa shape index (κ2) is 10.8. The van der Waals surface area contributed by atoms with E-state index >= 15 is 0 Å². The van der Waals surface area contributed by atoms with Gasteiger partial charge in [0.25, 0.3) is 11.8 Å². The van der Waals surface area contributed by atoms with Crippen molar-refractivity contribution in [2.24, 2.45) is 0 Å². The number of aliphatic hydroxyl groups is 1. The van der Waals surface area contributed by atoms with Gasteiger partial charge in [0, 0.05) is 42.5 Å². The minimum atomic E-state index is -1.25. The van der Waals surface area contributed by atoms with E-state index < -0.39 is 31.1 Å². The molecule has 2 amide bonds. The number of rotatable bonds is 7. The Bertz CT molecular complexity index is 916. The van der Waals surface area contributed by atoms with Crippen LogP contribution in [0.25, 0.3) is 0 Å². The zero-order chi connectivity index (χ0) is 22.2. The molecule has 1 saturated heterocycles. The SMILES string of the molecule is O=C(NC(CO)C(=O)OCC(=O)N1CCN(c2cccc(Cl)c2)CC1)c1ccccc1. The lowest BCUT2D eigenvalue weighted by atomic mass is 10.2. The van der Waals surface area contributed by atoms with Crippen LogP contribution in [-0.4, -0.2) is 73.2 Å². The van der Waals surface area contributed by atoms with Gasteiger partial charge in [-0.25, -0.2) is 4.79 Å². The number of hydrogen-bond donors (Lipinski definition) is 2. The summed E-state index contributed by atoms with van der Waals surface area (Å²) in [6, 6.07) is 14.6. The van der Waals surface area contributed by atoms with E-state index in [4.69, 9.17) is 16.3 Å². The zero-order valence-corrected chi connectivity index (χ0v) is 17.6. The number of benzene rings is 2. The molecule has 2 aromatic carbocycles. The lowest BCUT2D eigenvalue weighted by Gasteiger charge is -2.36. The Kier molecular flexibility index (Phi) is 7.86. The molecule has 2 N–H and O–H groups in total. The summed E-state index contributed by atoms with van der Waals surface area (Å²) >= 11 is 6.03. The van der Waals surface area contributed by atoms with Crippen molar-refractivity contribution in [3.8, 4) is 0 Å². The second-order valence-corrected chi connectivity index (χ2v) is 7.47. The highest BCUT2D eigenvalue weighted by Gasteiger charge is 2.26. The maximum absolute atomic E-state index is 12.4. The molecule has 0 spiro atoms. The van der Waals surface area contributed by atoms with Gasteiger partial charge in [-0.05, 0) is 30.3 Å². The third-order valence-electron chi connectivity index (χ3n) is 4.95. The Hall–Kier alpha value is -3.10. The van der Waals surface area contributed by atoms with E-state index in [0.29, 0.717) is 36.8 Å². The van der Waals surface area contributed by atoms with Crippen molar-refractivity contribution in [1.82, 2.24) is 10.2 Å². The number of nitrogens with zero attached hydrogens (tertiary/aromatic N) is 2. The van der Waals surface area contributed by atoms with Crippen LogP contribution in [0.15, 0.2) is 54.6 Å². The normalized spacial score (nSPS) is 14.6. The van der Waals surface area contributed by atoms with Gasteiger partial charge in [0.05, 0.1) is 6.61 Å². The molecule has 1 aliphatic heterocycles. The molecular weight excluding hydrogens is 422 g/mol. The number of carbonyl (C=O) groups is 3. The molecule has 31 heavy (non-hydrogen) atoms. The molecule has 0 saturated carbocycles. The van der Waals surface area contributed by atoms with Crippen molar-refractivity contribution in [2.75, 3.05) is 44.3 Å². The van der Waals surface area contributed by atoms with E-state index in [-0.39, 0.29) is 5.91 Å². The highest BCUT2D eigenvalue weighted by molar-refractivity contribution is 6.30. The van der Waals surface area contributed by atoms with Crippen molar-refractivity contribution in [3.63, 3.8) is 0 Å². The number of piperazine rings is 1. The fraction of sp³-hybridized carbons (Fsp3) is 0.318. The van der Waals surface area contributed by atoms with Crippen molar-refractivity contribution >= 4 is 35.1 Å². The number of anilines is 1. The first-order valence-corrected chi connectivity index (χ1v) is 10.3. The minimum Gasteiger partial charge on any atom is -0.454 e. The Morgan fingerprint density at radius 2 is 1.74 bits per heavy atom. The fourth-order valence-corrected chi connectivity index (χ4v) is 3.41. The maximum Gasteiger partial charge on any atom is 0.331 e. The maximum atomic E-state index is 12.4. The van der Waals surface area contributed by atoms with Crippen molar-refractivity contribution < 1.29 is 24.2 Å². The summed E-state index contributed by atoms with van der Waals surface area (Å²) in [5.74, 6) is -1.71. The molecule has 1 aliphatic rings. The van der Waals surface area contributed by atoms with Crippen LogP contribution in [0.5, 0.6) is 0 Å². The molecule has 8 nitrogen and oxygen atoms in total. The monoisotopic (exact) mass is 445 g/mol. The van der Waals surface area contributed by atoms with E-state index in [1.54, 1.807) is 41.3 Å². The first kappa shape index (κ1) is 22.6. The third kappa shape index (κ3) is 6.19. The fourth-order valence-electron chi connectivity index (χ4n) is 3.22. The predicted molar refractivity (Wildman–Crippen MR) is 116 cm³/mol. The molecule has 1 atom stereocenters. The topological polar surface area (TPSA) is 99.2 Å². The van der Waals surface area contributed by atoms with Crippen LogP contribution in [0, 0.1) is 0 Å². The number of aliphatic hydroxyl groups excluding tert-OH is 1. The molecule has 1 unspecified atom stereocenters. The number of halogens is 1. The molecule has 2 aromatic rings. The molecule has 3 rings (SSSR count). The van der Waals surface area contributed by atoms with E-state index in [2.05, 4.69) is 10.2 Å². The lowest BCUT2D eigenvalue weighted by Crippen LogP contribution is -2.50. The highest BCUT2D eigenvalue weighted by atomic mass is 35.5. The average Bonchev–Trinajstić information content (AvgIpc) is 2.81. The van der Waals surface area contributed by atoms with Crippen LogP contribution in [0.1, 0.15) is 10.4 Å². The van der Waals surface area contributed by atoms with Crippen LogP contribution in [0.4, 0.5) is 5.69 Å². The van der Waals surface area contributed by atoms with Gasteiger partial charge in [0.2, 0.25) is 0 Å². The number of ether oxygens (including phenoxy) is 1. The second-order valence-electron chi connectivity index (χ2n) is 7.03. The van der Waals surface area contributed by atoms with Crippen molar-refractivity contribution in [3.05, 3.63) is 65.2 Å². The van der Waals surface area contributed by atoms with Gasteiger partial charge < -0.3 is 25.0 Å². The molecule has 1 fully saturated rings. The summed E-state index contributed by atoms with van der Waals surface area (Å²) < 4.78 is 5.04. The van der Waals surface area contributed by atoms with Crippen LogP contribution >= 0.6 is 11.6 Å². The molecule has 0 aromatic heterocycles. The molecule has 0 bridgehead atoms. The first-order chi connectivity index (χ1) is 15.0. The van der Waals surface area contributed by atoms with Crippen LogP contribution in [0.2, 0.25) is 5.02 Å². The van der Waals surface area contributed by atoms with Crippen molar-refractivity contribution in [1.29, 1.82) is 0 Å². The number of amides is 2. The van der Waals surface area contributed by atoms with E-state index in [0.717, 1.165) is 5.69 Å². The van der Waals surface area contributed by atoms with Gasteiger partial charge in [-0.15, -0.1) is 0 Å². The van der Waals surface area contributed by atoms with Gasteiger partial charge in [0.15, 0.2) is 12.6 Å². The Balaban J connectivity index is 1.45. The zero-order valence-electron chi connectivity index (χ0n) is 16.9. The van der Waals surface area contributed by atoms with Crippen LogP contribution in [0.3, 0.4) is 0 Å². The standard InChI is InChI=1S/C22H24ClN3O5/c23-17-7-4-8-18(13-17)25-9-11-26(12-10-25)20(28)15-31-22(30)19(14-27)24-21(29)16-5-2-1-3-6-16/h1-8,13,19,27H,9-12,14-15H2,(H,24,29). The van der Waals surface area contributed by atoms with E-state index in [1.165, 1.54) is 0 Å². The number of carbonyl (C=O) groups excluding carboxylic acids is 3. The number of nitrogens with one attached hydrogen (secondary N) is 1. The first-order valence-electron chi connectivity index (χ1n) is 9.89. The molecular formula is C22H24ClN3O5. The lowest BCUT2D eigenvalue weighted by molar-refractivity contribution is -0.154. The Labute approximate surface area is 185 Å². The summed E-state index contributed by atoms with van der Waals surface area (Å²) in [6.07, 6.45) is 0. The van der Waals surface area contributed by atoms with Gasteiger partial charge in [0.1, 0.15) is 0 Å². The summed E-state index contributed by atoms with van der Waals surface area (Å²) in [6.45, 7) is 1.14. The largest absolute Gasteiger partial charge is 0.454 e. The molecule has 9 heteroatoms. The summed E-state index contributed by atoms with van der Waals surface area (Å²) in [5.41, 5.74) is 1.34. The Morgan fingerprint density at radius 3 is 2.39 bits per heavy atom. The van der Waals surface area contributed by atoms with Gasteiger partial charge in [-0.2, -0.15) is 0 Å². The van der Waals surface area contributed by atoms with Gasteiger partial charge in [-0.3, -0.25) is 9.59 Å². The van der Waals surface area contributed by atoms with Gasteiger partial charge >= 0.3 is 5.97 Å². The quantitative estimate of drug-likeness (QED) is 0.624. The summed E-state index contributed by atoms with van der Waals surface area (Å²) in [5, 5.41) is 12.5. The molecule has 0 aliphatic carbocycles. The third-order valence-corrected chi connectivity index (χ3v) is 5.19. The summed E-state index contributed by atoms with van der Waals surface area (Å²) in [7, 11) is 0.